The number of hydrogen-bond donors (Lipinski definition) is 1. The molecule has 1 aromatic carbocycles. The zero-order valence-electron chi connectivity index (χ0n) is 10.8. The minimum absolute atomic E-state index is 0.0129. The quantitative estimate of drug-likeness (QED) is 0.852. The fourth-order valence-electron chi connectivity index (χ4n) is 1.76. The molecule has 2 aromatic rings. The van der Waals surface area contributed by atoms with Gasteiger partial charge in [0.2, 0.25) is 0 Å². The van der Waals surface area contributed by atoms with Gasteiger partial charge in [0.15, 0.2) is 5.69 Å². The third-order valence-corrected chi connectivity index (χ3v) is 3.51. The van der Waals surface area contributed by atoms with Gasteiger partial charge in [-0.05, 0) is 27.6 Å². The van der Waals surface area contributed by atoms with Crippen molar-refractivity contribution >= 4 is 28.0 Å². The van der Waals surface area contributed by atoms with Crippen molar-refractivity contribution in [3.63, 3.8) is 0 Å². The maximum absolute atomic E-state index is 11.2. The van der Waals surface area contributed by atoms with E-state index in [1.54, 1.807) is 10.8 Å². The number of benzene rings is 1. The lowest BCUT2D eigenvalue weighted by molar-refractivity contribution is 0.0689. The third-order valence-electron chi connectivity index (χ3n) is 2.67. The molecule has 1 heterocycles. The Morgan fingerprint density at radius 1 is 1.45 bits per heavy atom. The van der Waals surface area contributed by atoms with Crippen LogP contribution in [0.1, 0.15) is 21.6 Å². The molecule has 0 aliphatic carbocycles. The van der Waals surface area contributed by atoms with E-state index >= 15 is 0 Å². The van der Waals surface area contributed by atoms with E-state index in [2.05, 4.69) is 21.0 Å². The summed E-state index contributed by atoms with van der Waals surface area (Å²) in [4.78, 5) is 11.2. The predicted octanol–water partition coefficient (Wildman–Crippen LogP) is 3.01. The maximum Gasteiger partial charge on any atom is 0.357 e. The van der Waals surface area contributed by atoms with Gasteiger partial charge in [0, 0.05) is 5.56 Å². The number of carbonyl (C=O) groups is 1. The van der Waals surface area contributed by atoms with Crippen LogP contribution in [0.5, 0.6) is 0 Å². The number of ether oxygens (including phenoxy) is 1. The molecule has 6 heteroatoms. The van der Waals surface area contributed by atoms with E-state index in [9.17, 15) is 9.90 Å². The van der Waals surface area contributed by atoms with Gasteiger partial charge in [-0.3, -0.25) is 4.68 Å². The summed E-state index contributed by atoms with van der Waals surface area (Å²) in [7, 11) is 1.50. The van der Waals surface area contributed by atoms with Crippen molar-refractivity contribution in [3.8, 4) is 0 Å². The number of carboxylic acids is 1. The molecule has 0 saturated heterocycles. The Morgan fingerprint density at radius 2 is 2.15 bits per heavy atom. The maximum atomic E-state index is 11.2. The van der Waals surface area contributed by atoms with Crippen LogP contribution < -0.4 is 0 Å². The zero-order valence-corrected chi connectivity index (χ0v) is 12.4. The second-order valence-corrected chi connectivity index (χ2v) is 4.79. The highest BCUT2D eigenvalue weighted by molar-refractivity contribution is 9.10. The van der Waals surface area contributed by atoms with Crippen LogP contribution in [0.25, 0.3) is 6.08 Å². The summed E-state index contributed by atoms with van der Waals surface area (Å²) >= 11 is 3.39. The molecule has 2 rings (SSSR count). The highest BCUT2D eigenvalue weighted by atomic mass is 79.9. The van der Waals surface area contributed by atoms with Gasteiger partial charge in [0.05, 0.1) is 19.9 Å². The fraction of sp³-hybridized carbons (Fsp3) is 0.143. The average molecular weight is 337 g/mol. The van der Waals surface area contributed by atoms with E-state index in [4.69, 9.17) is 4.74 Å². The zero-order chi connectivity index (χ0) is 14.5. The predicted molar refractivity (Wildman–Crippen MR) is 78.5 cm³/mol. The van der Waals surface area contributed by atoms with Crippen LogP contribution in [0.2, 0.25) is 0 Å². The van der Waals surface area contributed by atoms with E-state index < -0.39 is 5.97 Å². The third kappa shape index (κ3) is 3.08. The topological polar surface area (TPSA) is 64.3 Å². The van der Waals surface area contributed by atoms with Gasteiger partial charge >= 0.3 is 5.97 Å². The number of aromatic nitrogens is 2. The Labute approximate surface area is 124 Å². The largest absolute Gasteiger partial charge is 0.504 e. The lowest BCUT2D eigenvalue weighted by Crippen LogP contribution is -2.04. The molecule has 5 nitrogen and oxygen atoms in total. The van der Waals surface area contributed by atoms with Gasteiger partial charge < -0.3 is 9.84 Å². The van der Waals surface area contributed by atoms with Gasteiger partial charge in [-0.2, -0.15) is 5.10 Å². The van der Waals surface area contributed by atoms with E-state index in [0.29, 0.717) is 16.7 Å². The lowest BCUT2D eigenvalue weighted by atomic mass is 10.2. The normalized spacial score (nSPS) is 10.9. The minimum Gasteiger partial charge on any atom is -0.504 e. The van der Waals surface area contributed by atoms with Gasteiger partial charge in [0.25, 0.3) is 0 Å². The van der Waals surface area contributed by atoms with Crippen LogP contribution in [0, 0.1) is 0 Å². The first-order valence-electron chi connectivity index (χ1n) is 5.86. The first-order valence-corrected chi connectivity index (χ1v) is 6.65. The van der Waals surface area contributed by atoms with E-state index in [1.807, 2.05) is 30.3 Å². The van der Waals surface area contributed by atoms with Gasteiger partial charge in [0.1, 0.15) is 4.60 Å². The number of hydrogen-bond acceptors (Lipinski definition) is 3. The fourth-order valence-corrected chi connectivity index (χ4v) is 2.28. The summed E-state index contributed by atoms with van der Waals surface area (Å²) < 4.78 is 7.04. The van der Waals surface area contributed by atoms with Gasteiger partial charge in [-0.25, -0.2) is 4.79 Å². The molecular weight excluding hydrogens is 324 g/mol. The SMILES string of the molecule is CO/C=C/c1c(C(=O)O)nn(Cc2ccccc2)c1Br. The molecule has 0 unspecified atom stereocenters. The number of aromatic carboxylic acids is 1. The Balaban J connectivity index is 2.39. The highest BCUT2D eigenvalue weighted by Crippen LogP contribution is 2.23. The number of rotatable bonds is 5. The molecule has 0 radical (unpaired) electrons. The van der Waals surface area contributed by atoms with E-state index in [1.165, 1.54) is 13.4 Å². The van der Waals surface area contributed by atoms with Crippen molar-refractivity contribution in [1.29, 1.82) is 0 Å². The molecule has 0 amide bonds. The van der Waals surface area contributed by atoms with Gasteiger partial charge in [-0.15, -0.1) is 0 Å². The molecule has 0 atom stereocenters. The monoisotopic (exact) mass is 336 g/mol. The molecule has 20 heavy (non-hydrogen) atoms. The molecule has 104 valence electrons. The lowest BCUT2D eigenvalue weighted by Gasteiger charge is -2.03. The van der Waals surface area contributed by atoms with Crippen molar-refractivity contribution in [1.82, 2.24) is 9.78 Å². The smallest absolute Gasteiger partial charge is 0.357 e. The van der Waals surface area contributed by atoms with Crippen molar-refractivity contribution < 1.29 is 14.6 Å². The minimum atomic E-state index is -1.08. The molecule has 0 fully saturated rings. The molecular formula is C14H13BrN2O3. The summed E-state index contributed by atoms with van der Waals surface area (Å²) in [5.41, 5.74) is 1.51. The van der Waals surface area contributed by atoms with Crippen LogP contribution in [0.3, 0.4) is 0 Å². The van der Waals surface area contributed by atoms with Gasteiger partial charge in [-0.1, -0.05) is 30.3 Å². The molecule has 1 N–H and O–H groups in total. The highest BCUT2D eigenvalue weighted by Gasteiger charge is 2.19. The first-order chi connectivity index (χ1) is 9.63. The summed E-state index contributed by atoms with van der Waals surface area (Å²) in [5.74, 6) is -1.08. The molecule has 0 bridgehead atoms. The van der Waals surface area contributed by atoms with Crippen molar-refractivity contribution in [2.45, 2.75) is 6.54 Å². The Kier molecular flexibility index (Phi) is 4.57. The number of carboxylic acid groups (broad SMARTS) is 1. The second-order valence-electron chi connectivity index (χ2n) is 4.04. The van der Waals surface area contributed by atoms with Crippen LogP contribution in [-0.2, 0) is 11.3 Å². The van der Waals surface area contributed by atoms with Crippen LogP contribution in [0.4, 0.5) is 0 Å². The van der Waals surface area contributed by atoms with E-state index in [0.717, 1.165) is 5.56 Å². The van der Waals surface area contributed by atoms with E-state index in [-0.39, 0.29) is 5.69 Å². The second kappa shape index (κ2) is 6.38. The van der Waals surface area contributed by atoms with Crippen LogP contribution >= 0.6 is 15.9 Å². The number of halogens is 1. The Hall–Kier alpha value is -2.08. The molecule has 0 spiro atoms. The summed E-state index contributed by atoms with van der Waals surface area (Å²) in [5, 5.41) is 13.3. The Morgan fingerprint density at radius 3 is 2.75 bits per heavy atom. The molecule has 1 aromatic heterocycles. The van der Waals surface area contributed by atoms with Crippen molar-refractivity contribution in [2.24, 2.45) is 0 Å². The summed E-state index contributed by atoms with van der Waals surface area (Å²) in [6.07, 6.45) is 2.99. The first kappa shape index (κ1) is 14.3. The van der Waals surface area contributed by atoms with Crippen molar-refractivity contribution in [2.75, 3.05) is 7.11 Å². The molecule has 0 aliphatic heterocycles. The molecule has 0 aliphatic rings. The standard InChI is InChI=1S/C14H13BrN2O3/c1-20-8-7-11-12(14(18)19)16-17(13(11)15)9-10-5-3-2-4-6-10/h2-8H,9H2,1H3,(H,18,19)/b8-7+. The average Bonchev–Trinajstić information content (AvgIpc) is 2.75. The molecule has 0 saturated carbocycles. The summed E-state index contributed by atoms with van der Waals surface area (Å²) in [6, 6.07) is 9.70. The van der Waals surface area contributed by atoms with Crippen LogP contribution in [-0.4, -0.2) is 28.0 Å². The Bertz CT molecular complexity index is 635. The summed E-state index contributed by atoms with van der Waals surface area (Å²) in [6.45, 7) is 0.489. The van der Waals surface area contributed by atoms with Crippen LogP contribution in [0.15, 0.2) is 41.2 Å². The van der Waals surface area contributed by atoms with Crippen molar-refractivity contribution in [3.05, 3.63) is 58.0 Å². The number of methoxy groups -OCH3 is 1. The number of nitrogens with zero attached hydrogens (tertiary/aromatic N) is 2.